The Morgan fingerprint density at radius 3 is 2.42 bits per heavy atom. The predicted octanol–water partition coefficient (Wildman–Crippen LogP) is 3.37. The van der Waals surface area contributed by atoms with Gasteiger partial charge in [-0.15, -0.1) is 0 Å². The minimum atomic E-state index is -0.635. The van der Waals surface area contributed by atoms with Crippen LogP contribution < -0.4 is 0 Å². The van der Waals surface area contributed by atoms with Crippen LogP contribution in [0.5, 0.6) is 0 Å². The summed E-state index contributed by atoms with van der Waals surface area (Å²) in [5, 5.41) is 22.3. The number of ketones is 1. The highest BCUT2D eigenvalue weighted by atomic mass is 16.6. The summed E-state index contributed by atoms with van der Waals surface area (Å²) in [5.74, 6) is -1.19. The van der Waals surface area contributed by atoms with Crippen LogP contribution in [-0.2, 0) is 14.3 Å². The molecule has 2 aromatic rings. The van der Waals surface area contributed by atoms with Crippen molar-refractivity contribution in [3.8, 4) is 0 Å². The highest BCUT2D eigenvalue weighted by molar-refractivity contribution is 5.99. The van der Waals surface area contributed by atoms with Crippen LogP contribution in [0.1, 0.15) is 17.5 Å². The Morgan fingerprint density at radius 1 is 1.09 bits per heavy atom. The topological polar surface area (TPSA) is 133 Å². The molecule has 33 heavy (non-hydrogen) atoms. The van der Waals surface area contributed by atoms with E-state index in [4.69, 9.17) is 4.74 Å². The summed E-state index contributed by atoms with van der Waals surface area (Å²) in [6.45, 7) is 0. The van der Waals surface area contributed by atoms with Gasteiger partial charge in [0.2, 0.25) is 0 Å². The van der Waals surface area contributed by atoms with Crippen molar-refractivity contribution < 1.29 is 24.2 Å². The summed E-state index contributed by atoms with van der Waals surface area (Å²) in [6.07, 6.45) is 5.04. The third-order valence-corrected chi connectivity index (χ3v) is 5.87. The maximum absolute atomic E-state index is 12.7. The van der Waals surface area contributed by atoms with Crippen molar-refractivity contribution >= 4 is 34.9 Å². The molecule has 0 aliphatic carbocycles. The average Bonchev–Trinajstić information content (AvgIpc) is 3.11. The number of esters is 1. The van der Waals surface area contributed by atoms with Crippen LogP contribution in [0.25, 0.3) is 11.8 Å². The fourth-order valence-electron chi connectivity index (χ4n) is 4.34. The van der Waals surface area contributed by atoms with E-state index in [1.807, 2.05) is 0 Å². The van der Waals surface area contributed by atoms with Crippen LogP contribution in [0, 0.1) is 26.1 Å². The molecule has 0 amide bonds. The Morgan fingerprint density at radius 2 is 1.79 bits per heavy atom. The van der Waals surface area contributed by atoms with E-state index >= 15 is 0 Å². The van der Waals surface area contributed by atoms with Gasteiger partial charge in [-0.3, -0.25) is 29.8 Å². The Balaban J connectivity index is 1.86. The van der Waals surface area contributed by atoms with Crippen molar-refractivity contribution in [1.29, 1.82) is 0 Å². The molecule has 2 heterocycles. The molecule has 10 nitrogen and oxygen atoms in total. The molecule has 0 spiro atoms. The number of non-ortho nitro benzene ring substituents is 2. The van der Waals surface area contributed by atoms with Crippen LogP contribution in [-0.4, -0.2) is 45.7 Å². The Hall–Kier alpha value is -4.34. The Labute approximate surface area is 188 Å². The van der Waals surface area contributed by atoms with Gasteiger partial charge in [-0.1, -0.05) is 18.2 Å². The first-order chi connectivity index (χ1) is 15.8. The zero-order chi connectivity index (χ0) is 23.7. The molecule has 3 atom stereocenters. The third kappa shape index (κ3) is 4.10. The highest BCUT2D eigenvalue weighted by Crippen LogP contribution is 2.42. The van der Waals surface area contributed by atoms with E-state index in [-0.39, 0.29) is 23.6 Å². The number of nitrogens with zero attached hydrogens (tertiary/aromatic N) is 3. The molecule has 0 saturated carbocycles. The van der Waals surface area contributed by atoms with Gasteiger partial charge in [0.25, 0.3) is 11.4 Å². The molecule has 0 aromatic heterocycles. The quantitative estimate of drug-likeness (QED) is 0.284. The van der Waals surface area contributed by atoms with Crippen molar-refractivity contribution in [3.63, 3.8) is 0 Å². The van der Waals surface area contributed by atoms with E-state index in [1.54, 1.807) is 41.3 Å². The van der Waals surface area contributed by atoms with E-state index < -0.39 is 33.8 Å². The molecule has 168 valence electrons. The minimum absolute atomic E-state index is 0.0986. The van der Waals surface area contributed by atoms with Crippen molar-refractivity contribution in [2.75, 3.05) is 7.11 Å². The molecule has 1 saturated heterocycles. The number of nitro benzene ring substituents is 2. The molecule has 4 rings (SSSR count). The van der Waals surface area contributed by atoms with E-state index in [0.717, 1.165) is 0 Å². The maximum Gasteiger partial charge on any atom is 0.311 e. The number of benzene rings is 2. The van der Waals surface area contributed by atoms with Crippen LogP contribution in [0.4, 0.5) is 11.4 Å². The summed E-state index contributed by atoms with van der Waals surface area (Å²) >= 11 is 0. The van der Waals surface area contributed by atoms with Gasteiger partial charge in [0.1, 0.15) is 0 Å². The summed E-state index contributed by atoms with van der Waals surface area (Å²) in [4.78, 5) is 48.2. The van der Waals surface area contributed by atoms with Crippen LogP contribution >= 0.6 is 0 Å². The number of fused-ring (bicyclic) bond motifs is 2. The number of ether oxygens (including phenoxy) is 1. The molecule has 10 heteroatoms. The summed E-state index contributed by atoms with van der Waals surface area (Å²) in [6, 6.07) is 10.7. The number of rotatable bonds is 6. The zero-order valence-corrected chi connectivity index (χ0v) is 17.5. The van der Waals surface area contributed by atoms with Gasteiger partial charge >= 0.3 is 5.97 Å². The average molecular weight is 449 g/mol. The monoisotopic (exact) mass is 449 g/mol. The lowest BCUT2D eigenvalue weighted by molar-refractivity contribution is -0.385. The van der Waals surface area contributed by atoms with Gasteiger partial charge < -0.3 is 9.64 Å². The molecular weight excluding hydrogens is 430 g/mol. The first kappa shape index (κ1) is 21.9. The molecule has 3 unspecified atom stereocenters. The summed E-state index contributed by atoms with van der Waals surface area (Å²) in [5.41, 5.74) is 1.39. The fraction of sp³-hybridized carbons (Fsp3) is 0.217. The standard InChI is InChI=1S/C23H19N3O7/c1-33-23(28)18-13-21-22(27)10-9-19(18)24(21)20(15-5-7-16(8-6-15)25(29)30)12-14-3-2-4-17(11-14)26(31)32/h2-12,18-19,21H,13H2,1H3/b20-12+. The first-order valence-corrected chi connectivity index (χ1v) is 10.1. The lowest BCUT2D eigenvalue weighted by atomic mass is 9.99. The van der Waals surface area contributed by atoms with Crippen LogP contribution in [0.3, 0.4) is 0 Å². The summed E-state index contributed by atoms with van der Waals surface area (Å²) < 4.78 is 4.93. The van der Waals surface area contributed by atoms with Crippen LogP contribution in [0.2, 0.25) is 0 Å². The smallest absolute Gasteiger partial charge is 0.311 e. The highest BCUT2D eigenvalue weighted by Gasteiger charge is 2.49. The third-order valence-electron chi connectivity index (χ3n) is 5.87. The number of hydrogen-bond donors (Lipinski definition) is 0. The second-order valence-corrected chi connectivity index (χ2v) is 7.73. The molecule has 0 N–H and O–H groups in total. The lowest BCUT2D eigenvalue weighted by Crippen LogP contribution is -2.42. The number of carbonyl (C=O) groups excluding carboxylic acids is 2. The van der Waals surface area contributed by atoms with Crippen molar-refractivity contribution in [3.05, 3.63) is 92.0 Å². The summed E-state index contributed by atoms with van der Waals surface area (Å²) in [7, 11) is 1.29. The van der Waals surface area contributed by atoms with Crippen molar-refractivity contribution in [1.82, 2.24) is 4.90 Å². The largest absolute Gasteiger partial charge is 0.469 e. The Kier molecular flexibility index (Phi) is 5.74. The molecule has 2 aromatic carbocycles. The van der Waals surface area contributed by atoms with E-state index in [0.29, 0.717) is 16.8 Å². The maximum atomic E-state index is 12.7. The number of methoxy groups -OCH3 is 1. The van der Waals surface area contributed by atoms with E-state index in [1.165, 1.54) is 37.5 Å². The zero-order valence-electron chi connectivity index (χ0n) is 17.5. The molecule has 0 radical (unpaired) electrons. The molecule has 1 fully saturated rings. The van der Waals surface area contributed by atoms with E-state index in [2.05, 4.69) is 0 Å². The van der Waals surface area contributed by atoms with Gasteiger partial charge in [0, 0.05) is 30.0 Å². The molecular formula is C23H19N3O7. The lowest BCUT2D eigenvalue weighted by Gasteiger charge is -2.35. The second kappa shape index (κ2) is 8.65. The fourth-order valence-corrected chi connectivity index (χ4v) is 4.34. The SMILES string of the molecule is COC(=O)C1CC2C(=O)C=CC1N2/C(=C/c1cccc([N+](=O)[O-])c1)c1ccc([N+](=O)[O-])cc1. The molecule has 2 bridgehead atoms. The first-order valence-electron chi connectivity index (χ1n) is 10.1. The van der Waals surface area contributed by atoms with Gasteiger partial charge in [-0.2, -0.15) is 0 Å². The number of hydrogen-bond acceptors (Lipinski definition) is 8. The molecule has 2 aliphatic rings. The van der Waals surface area contributed by atoms with Crippen LogP contribution in [0.15, 0.2) is 60.7 Å². The minimum Gasteiger partial charge on any atom is -0.469 e. The second-order valence-electron chi connectivity index (χ2n) is 7.73. The van der Waals surface area contributed by atoms with Crippen molar-refractivity contribution in [2.24, 2.45) is 5.92 Å². The normalized spacial score (nSPS) is 21.7. The Bertz CT molecular complexity index is 1200. The van der Waals surface area contributed by atoms with Crippen molar-refractivity contribution in [2.45, 2.75) is 18.5 Å². The van der Waals surface area contributed by atoms with E-state index in [9.17, 15) is 29.8 Å². The van der Waals surface area contributed by atoms with Gasteiger partial charge in [0.05, 0.1) is 35.0 Å². The van der Waals surface area contributed by atoms with Gasteiger partial charge in [-0.25, -0.2) is 0 Å². The number of carbonyl (C=O) groups is 2. The molecule has 2 aliphatic heterocycles. The number of nitro groups is 2. The van der Waals surface area contributed by atoms with Gasteiger partial charge in [0.15, 0.2) is 5.78 Å². The van der Waals surface area contributed by atoms with Gasteiger partial charge in [-0.05, 0) is 41.8 Å². The predicted molar refractivity (Wildman–Crippen MR) is 118 cm³/mol.